The minimum atomic E-state index is -1.01. The van der Waals surface area contributed by atoms with Crippen molar-refractivity contribution in [2.75, 3.05) is 11.5 Å². The second-order valence-electron chi connectivity index (χ2n) is 17.6. The molecule has 5 aliphatic rings. The number of carbonyl (C=O) groups is 5. The number of ether oxygens (including phenoxy) is 2. The highest BCUT2D eigenvalue weighted by Gasteiger charge is 2.63. The van der Waals surface area contributed by atoms with E-state index in [9.17, 15) is 29.2 Å². The van der Waals surface area contributed by atoms with Crippen molar-refractivity contribution < 1.29 is 33.4 Å². The quantitative estimate of drug-likeness (QED) is 0.144. The number of benzene rings is 1. The molecule has 0 bridgehead atoms. The highest BCUT2D eigenvalue weighted by atomic mass is 35.5. The fraction of sp³-hybridized carbons (Fsp3) is 0.535. The van der Waals surface area contributed by atoms with Crippen molar-refractivity contribution in [3.05, 3.63) is 70.7 Å². The molecule has 2 aliphatic carbocycles. The largest absolute Gasteiger partial charge is 0.494 e. The van der Waals surface area contributed by atoms with Gasteiger partial charge in [0.2, 0.25) is 11.8 Å². The van der Waals surface area contributed by atoms with E-state index in [1.807, 2.05) is 16.8 Å². The van der Waals surface area contributed by atoms with Gasteiger partial charge >= 0.3 is 0 Å². The number of hydrogen-bond donors (Lipinski definition) is 2. The van der Waals surface area contributed by atoms with Gasteiger partial charge in [-0.1, -0.05) is 27.7 Å². The fourth-order valence-corrected chi connectivity index (χ4v) is 10.3. The summed E-state index contributed by atoms with van der Waals surface area (Å²) >= 11 is 6.48. The molecule has 0 radical (unpaired) electrons. The monoisotopic (exact) mass is 824 g/mol. The van der Waals surface area contributed by atoms with Crippen LogP contribution in [-0.4, -0.2) is 85.5 Å². The summed E-state index contributed by atoms with van der Waals surface area (Å²) in [6.45, 7) is 10.9. The van der Waals surface area contributed by atoms with E-state index in [4.69, 9.17) is 26.2 Å². The smallest absolute Gasteiger partial charge is 0.262 e. The molecular weight excluding hydrogens is 776 g/mol. The maximum absolute atomic E-state index is 13.5. The number of unbranched alkanes of at least 4 members (excludes halogenated alkanes) is 1. The predicted molar refractivity (Wildman–Crippen MR) is 214 cm³/mol. The Bertz CT molecular complexity index is 2190. The van der Waals surface area contributed by atoms with Gasteiger partial charge in [-0.15, -0.1) is 11.6 Å². The first kappa shape index (κ1) is 40.4. The number of nitrogens with zero attached hydrogens (tertiary/aromatic N) is 6. The molecule has 5 heterocycles. The molecule has 310 valence electrons. The molecule has 5 amide bonds. The molecule has 1 saturated heterocycles. The van der Waals surface area contributed by atoms with Crippen LogP contribution >= 0.6 is 11.6 Å². The number of nitrogens with one attached hydrogen (secondary N) is 2. The highest BCUT2D eigenvalue weighted by molar-refractivity contribution is 6.23. The number of nitriles is 1. The van der Waals surface area contributed by atoms with Crippen LogP contribution in [0, 0.1) is 28.1 Å². The molecule has 15 nitrogen and oxygen atoms in total. The molecule has 59 heavy (non-hydrogen) atoms. The van der Waals surface area contributed by atoms with Crippen molar-refractivity contribution in [2.45, 2.75) is 122 Å². The summed E-state index contributed by atoms with van der Waals surface area (Å²) in [7, 11) is 0. The van der Waals surface area contributed by atoms with Crippen LogP contribution in [0.3, 0.4) is 0 Å². The van der Waals surface area contributed by atoms with Crippen LogP contribution in [0.25, 0.3) is 0 Å². The Morgan fingerprint density at radius 2 is 1.80 bits per heavy atom. The van der Waals surface area contributed by atoms with Gasteiger partial charge in [-0.3, -0.25) is 38.9 Å². The lowest BCUT2D eigenvalue weighted by atomic mass is 9.49. The van der Waals surface area contributed by atoms with Gasteiger partial charge in [-0.05, 0) is 68.9 Å². The van der Waals surface area contributed by atoms with E-state index in [-0.39, 0.29) is 70.3 Å². The van der Waals surface area contributed by atoms with Crippen molar-refractivity contribution >= 4 is 47.0 Å². The number of hydrogen-bond acceptors (Lipinski definition) is 11. The first-order valence-electron chi connectivity index (χ1n) is 20.4. The Balaban J connectivity index is 0.774. The number of halogens is 1. The predicted octanol–water partition coefficient (Wildman–Crippen LogP) is 4.91. The molecule has 4 atom stereocenters. The van der Waals surface area contributed by atoms with Gasteiger partial charge in [0, 0.05) is 54.3 Å². The lowest BCUT2D eigenvalue weighted by Gasteiger charge is -2.64. The lowest BCUT2D eigenvalue weighted by molar-refractivity contribution is -0.231. The molecule has 2 N–H and O–H groups in total. The van der Waals surface area contributed by atoms with Crippen molar-refractivity contribution in [2.24, 2.45) is 16.7 Å². The third-order valence-corrected chi connectivity index (χ3v) is 13.2. The zero-order valence-electron chi connectivity index (χ0n) is 33.7. The lowest BCUT2D eigenvalue weighted by Crippen LogP contribution is -2.74. The van der Waals surface area contributed by atoms with Crippen molar-refractivity contribution in [3.63, 3.8) is 0 Å². The number of aromatic nitrogens is 3. The van der Waals surface area contributed by atoms with Gasteiger partial charge in [-0.25, -0.2) is 4.98 Å². The average molecular weight is 825 g/mol. The summed E-state index contributed by atoms with van der Waals surface area (Å²) in [5, 5.41) is 19.4. The summed E-state index contributed by atoms with van der Waals surface area (Å²) in [5.41, 5.74) is 2.40. The number of piperidine rings is 1. The molecule has 3 fully saturated rings. The zero-order chi connectivity index (χ0) is 41.8. The van der Waals surface area contributed by atoms with Gasteiger partial charge in [0.15, 0.2) is 0 Å². The summed E-state index contributed by atoms with van der Waals surface area (Å²) < 4.78 is 14.5. The van der Waals surface area contributed by atoms with Gasteiger partial charge in [-0.2, -0.15) is 10.4 Å². The highest BCUT2D eigenvalue weighted by Crippen LogP contribution is 2.56. The van der Waals surface area contributed by atoms with Crippen molar-refractivity contribution in [1.29, 1.82) is 5.26 Å². The number of fused-ring (bicyclic) bond motifs is 2. The zero-order valence-corrected chi connectivity index (χ0v) is 34.5. The third-order valence-electron chi connectivity index (χ3n) is 12.8. The third kappa shape index (κ3) is 7.57. The molecule has 2 aromatic heterocycles. The maximum Gasteiger partial charge on any atom is 0.262 e. The Kier molecular flexibility index (Phi) is 10.8. The fourth-order valence-electron chi connectivity index (χ4n) is 9.90. The van der Waals surface area contributed by atoms with Crippen LogP contribution in [0.1, 0.15) is 115 Å². The molecule has 3 aliphatic heterocycles. The average Bonchev–Trinajstić information content (AvgIpc) is 3.85. The van der Waals surface area contributed by atoms with E-state index < -0.39 is 29.7 Å². The molecule has 1 aromatic carbocycles. The van der Waals surface area contributed by atoms with Gasteiger partial charge < -0.3 is 19.7 Å². The number of amides is 5. The van der Waals surface area contributed by atoms with Crippen LogP contribution in [0.2, 0.25) is 0 Å². The van der Waals surface area contributed by atoms with Crippen LogP contribution in [-0.2, 0) is 34.0 Å². The number of pyridine rings is 1. The van der Waals surface area contributed by atoms with Crippen molar-refractivity contribution in [1.82, 2.24) is 30.3 Å². The van der Waals surface area contributed by atoms with E-state index in [0.717, 1.165) is 47.7 Å². The summed E-state index contributed by atoms with van der Waals surface area (Å²) in [4.78, 5) is 71.1. The molecule has 8 rings (SSSR count). The molecule has 0 spiro atoms. The number of imide groups is 2. The first-order valence-corrected chi connectivity index (χ1v) is 20.8. The first-order chi connectivity index (χ1) is 28.1. The summed E-state index contributed by atoms with van der Waals surface area (Å²) in [6.07, 6.45) is 7.52. The normalized spacial score (nSPS) is 26.8. The standard InChI is InChI=1S/C43H49ClN8O7/c1-42(2)40(43(3,4)41(42)59-28-9-7-24(19-45)31(44)18-28)48-36(54)25-8-13-34(46-20-25)50-21-26-22-51(49-32(26)23-50)15-5-6-16-58-27-10-11-29-30(17-27)39(57)52(38(29)56)33-12-14-35(53)47-37(33)55/h8,10-11,13,17,20,22,24,28,31,33,40-41H,5-7,9,12,14-16,18,21,23H2,1-4H3,(H,48,54)(H,47,53,55). The van der Waals surface area contributed by atoms with Crippen LogP contribution in [0.4, 0.5) is 5.82 Å². The maximum atomic E-state index is 13.5. The molecule has 4 unspecified atom stereocenters. The minimum absolute atomic E-state index is 0.000588. The summed E-state index contributed by atoms with van der Waals surface area (Å²) in [6, 6.07) is 9.59. The number of carbonyl (C=O) groups excluding carboxylic acids is 5. The van der Waals surface area contributed by atoms with Crippen molar-refractivity contribution in [3.8, 4) is 11.8 Å². The van der Waals surface area contributed by atoms with Crippen LogP contribution < -0.4 is 20.3 Å². The van der Waals surface area contributed by atoms with E-state index in [2.05, 4.69) is 60.5 Å². The number of anilines is 1. The van der Waals surface area contributed by atoms with Gasteiger partial charge in [0.05, 0.1) is 65.1 Å². The molecule has 3 aromatic rings. The van der Waals surface area contributed by atoms with E-state index in [1.165, 1.54) is 12.1 Å². The molecule has 16 heteroatoms. The number of alkyl halides is 1. The Labute approximate surface area is 347 Å². The van der Waals surface area contributed by atoms with E-state index >= 15 is 0 Å². The topological polar surface area (TPSA) is 189 Å². The second-order valence-corrected chi connectivity index (χ2v) is 18.1. The van der Waals surface area contributed by atoms with Crippen LogP contribution in [0.15, 0.2) is 42.7 Å². The second kappa shape index (κ2) is 15.7. The number of rotatable bonds is 12. The van der Waals surface area contributed by atoms with Crippen LogP contribution in [0.5, 0.6) is 5.75 Å². The van der Waals surface area contributed by atoms with Gasteiger partial charge in [0.25, 0.3) is 17.7 Å². The van der Waals surface area contributed by atoms with E-state index in [1.54, 1.807) is 12.3 Å². The molecular formula is C43H49ClN8O7. The Hall–Kier alpha value is -5.33. The SMILES string of the molecule is CC1(C)C(NC(=O)c2ccc(N3Cc4cn(CCCCOc5ccc6c(c5)C(=O)N(C5CCC(=O)NC5=O)C6=O)nc4C3)nc2)C(C)(C)C1OC1CCC(C#N)C(Cl)C1. The minimum Gasteiger partial charge on any atom is -0.494 e. The Morgan fingerprint density at radius 1 is 1.02 bits per heavy atom. The molecule has 2 saturated carbocycles. The Morgan fingerprint density at radius 3 is 2.49 bits per heavy atom. The van der Waals surface area contributed by atoms with E-state index in [0.29, 0.717) is 44.0 Å². The van der Waals surface area contributed by atoms with Gasteiger partial charge in [0.1, 0.15) is 17.6 Å². The summed E-state index contributed by atoms with van der Waals surface area (Å²) in [5.74, 6) is -1.26. The number of aryl methyl sites for hydroxylation is 1.